The summed E-state index contributed by atoms with van der Waals surface area (Å²) in [5.74, 6) is 2.23. The van der Waals surface area contributed by atoms with Crippen molar-refractivity contribution in [2.45, 2.75) is 34.6 Å². The van der Waals surface area contributed by atoms with E-state index < -0.39 is 0 Å². The van der Waals surface area contributed by atoms with Crippen molar-refractivity contribution in [1.82, 2.24) is 20.6 Å². The van der Waals surface area contributed by atoms with Crippen molar-refractivity contribution in [3.05, 3.63) is 35.7 Å². The van der Waals surface area contributed by atoms with Crippen LogP contribution < -0.4 is 10.6 Å². The van der Waals surface area contributed by atoms with Gasteiger partial charge < -0.3 is 10.6 Å². The lowest BCUT2D eigenvalue weighted by molar-refractivity contribution is 0.0949. The number of fused-ring (bicyclic) bond motifs is 1. The SMILES string of the molecule is C#CCNCCNC(=O)c1cnc2cc(C)ccc2n1.CC.CC. The van der Waals surface area contributed by atoms with Gasteiger partial charge in [0.1, 0.15) is 5.69 Å². The molecule has 1 aromatic carbocycles. The van der Waals surface area contributed by atoms with Crippen molar-refractivity contribution in [2.75, 3.05) is 19.6 Å². The minimum atomic E-state index is -0.234. The van der Waals surface area contributed by atoms with E-state index in [-0.39, 0.29) is 5.91 Å². The van der Waals surface area contributed by atoms with Crippen LogP contribution in [0.3, 0.4) is 0 Å². The van der Waals surface area contributed by atoms with Crippen LogP contribution in [0.5, 0.6) is 0 Å². The first-order chi connectivity index (χ1) is 11.7. The maximum atomic E-state index is 11.9. The summed E-state index contributed by atoms with van der Waals surface area (Å²) in [5, 5.41) is 5.75. The van der Waals surface area contributed by atoms with Crippen LogP contribution >= 0.6 is 0 Å². The molecule has 0 aliphatic carbocycles. The molecule has 1 amide bonds. The molecule has 1 heterocycles. The number of terminal acetylenes is 1. The molecule has 0 radical (unpaired) electrons. The van der Waals surface area contributed by atoms with Crippen LogP contribution in [-0.2, 0) is 0 Å². The Hall–Kier alpha value is -2.45. The number of aromatic nitrogens is 2. The Morgan fingerprint density at radius 3 is 2.54 bits per heavy atom. The molecule has 0 bridgehead atoms. The summed E-state index contributed by atoms with van der Waals surface area (Å²) in [7, 11) is 0. The fraction of sp³-hybridized carbons (Fsp3) is 0.421. The molecule has 0 fully saturated rings. The van der Waals surface area contributed by atoms with Gasteiger partial charge in [-0.3, -0.25) is 9.78 Å². The highest BCUT2D eigenvalue weighted by Crippen LogP contribution is 2.11. The van der Waals surface area contributed by atoms with E-state index in [1.54, 1.807) is 0 Å². The molecule has 2 N–H and O–H groups in total. The van der Waals surface area contributed by atoms with Crippen molar-refractivity contribution in [3.8, 4) is 12.3 Å². The molecule has 24 heavy (non-hydrogen) atoms. The zero-order valence-corrected chi connectivity index (χ0v) is 15.3. The van der Waals surface area contributed by atoms with Gasteiger partial charge in [0, 0.05) is 13.1 Å². The highest BCUT2D eigenvalue weighted by Gasteiger charge is 2.08. The number of nitrogens with one attached hydrogen (secondary N) is 2. The van der Waals surface area contributed by atoms with E-state index in [2.05, 4.69) is 26.5 Å². The lowest BCUT2D eigenvalue weighted by Crippen LogP contribution is -2.32. The van der Waals surface area contributed by atoms with Gasteiger partial charge in [-0.25, -0.2) is 4.98 Å². The van der Waals surface area contributed by atoms with E-state index in [1.807, 2.05) is 52.8 Å². The molecule has 0 unspecified atom stereocenters. The second-order valence-corrected chi connectivity index (χ2v) is 4.38. The molecule has 0 spiro atoms. The Kier molecular flexibility index (Phi) is 11.7. The number of amides is 1. The molecule has 130 valence electrons. The van der Waals surface area contributed by atoms with Gasteiger partial charge in [-0.2, -0.15) is 0 Å². The third kappa shape index (κ3) is 7.21. The number of carbonyl (C=O) groups excluding carboxylic acids is 1. The second kappa shape index (κ2) is 13.0. The summed E-state index contributed by atoms with van der Waals surface area (Å²) in [5.41, 5.74) is 2.94. The largest absolute Gasteiger partial charge is 0.349 e. The molecule has 2 rings (SSSR count). The lowest BCUT2D eigenvalue weighted by atomic mass is 10.2. The van der Waals surface area contributed by atoms with E-state index in [9.17, 15) is 4.79 Å². The zero-order valence-electron chi connectivity index (χ0n) is 15.3. The fourth-order valence-electron chi connectivity index (χ4n) is 1.75. The van der Waals surface area contributed by atoms with Crippen molar-refractivity contribution in [1.29, 1.82) is 0 Å². The third-order valence-corrected chi connectivity index (χ3v) is 2.74. The quantitative estimate of drug-likeness (QED) is 0.654. The van der Waals surface area contributed by atoms with Crippen molar-refractivity contribution in [3.63, 3.8) is 0 Å². The van der Waals surface area contributed by atoms with E-state index in [0.29, 0.717) is 30.8 Å². The molecule has 0 saturated carbocycles. The Bertz CT molecular complexity index is 662. The molecule has 0 atom stereocenters. The van der Waals surface area contributed by atoms with Crippen LogP contribution in [0.25, 0.3) is 11.0 Å². The lowest BCUT2D eigenvalue weighted by Gasteiger charge is -2.05. The molecular formula is C19H28N4O. The van der Waals surface area contributed by atoms with Crippen LogP contribution in [0.1, 0.15) is 43.7 Å². The normalized spacial score (nSPS) is 9.00. The summed E-state index contributed by atoms with van der Waals surface area (Å²) in [4.78, 5) is 20.5. The first-order valence-electron chi connectivity index (χ1n) is 8.36. The summed E-state index contributed by atoms with van der Waals surface area (Å²) in [6.45, 7) is 11.6. The number of hydrogen-bond donors (Lipinski definition) is 2. The van der Waals surface area contributed by atoms with Crippen LogP contribution in [0.15, 0.2) is 24.4 Å². The summed E-state index contributed by atoms with van der Waals surface area (Å²) in [6.07, 6.45) is 6.60. The van der Waals surface area contributed by atoms with Gasteiger partial charge in [-0.1, -0.05) is 39.7 Å². The Labute approximate surface area is 145 Å². The first-order valence-corrected chi connectivity index (χ1v) is 8.36. The number of benzene rings is 1. The average molecular weight is 328 g/mol. The van der Waals surface area contributed by atoms with E-state index in [1.165, 1.54) is 6.20 Å². The van der Waals surface area contributed by atoms with Crippen LogP contribution in [0.4, 0.5) is 0 Å². The topological polar surface area (TPSA) is 66.9 Å². The second-order valence-electron chi connectivity index (χ2n) is 4.38. The van der Waals surface area contributed by atoms with Gasteiger partial charge in [0.15, 0.2) is 0 Å². The molecule has 0 saturated heterocycles. The van der Waals surface area contributed by atoms with Gasteiger partial charge in [-0.05, 0) is 24.6 Å². The van der Waals surface area contributed by atoms with Gasteiger partial charge >= 0.3 is 0 Å². The molecule has 1 aromatic heterocycles. The van der Waals surface area contributed by atoms with Crippen molar-refractivity contribution in [2.24, 2.45) is 0 Å². The van der Waals surface area contributed by atoms with Crippen LogP contribution in [0, 0.1) is 19.3 Å². The standard InChI is InChI=1S/C15H16N4O.2C2H6/c1-3-6-16-7-8-17-15(20)14-10-18-13-9-11(2)4-5-12(13)19-14;2*1-2/h1,4-5,9-10,16H,6-8H2,2H3,(H,17,20);2*1-2H3. The Morgan fingerprint density at radius 1 is 1.17 bits per heavy atom. The summed E-state index contributed by atoms with van der Waals surface area (Å²) >= 11 is 0. The highest BCUT2D eigenvalue weighted by molar-refractivity contribution is 5.93. The van der Waals surface area contributed by atoms with E-state index in [0.717, 1.165) is 11.1 Å². The molecule has 5 nitrogen and oxygen atoms in total. The van der Waals surface area contributed by atoms with Gasteiger partial charge in [0.25, 0.3) is 5.91 Å². The summed E-state index contributed by atoms with van der Waals surface area (Å²) in [6, 6.07) is 5.75. The first kappa shape index (κ1) is 21.6. The highest BCUT2D eigenvalue weighted by atomic mass is 16.1. The monoisotopic (exact) mass is 328 g/mol. The smallest absolute Gasteiger partial charge is 0.271 e. The third-order valence-electron chi connectivity index (χ3n) is 2.74. The molecular weight excluding hydrogens is 300 g/mol. The minimum Gasteiger partial charge on any atom is -0.349 e. The van der Waals surface area contributed by atoms with Gasteiger partial charge in [-0.15, -0.1) is 6.42 Å². The van der Waals surface area contributed by atoms with Crippen molar-refractivity contribution >= 4 is 16.9 Å². The zero-order chi connectivity index (χ0) is 18.4. The predicted molar refractivity (Wildman–Crippen MR) is 101 cm³/mol. The number of hydrogen-bond acceptors (Lipinski definition) is 4. The minimum absolute atomic E-state index is 0.234. The maximum absolute atomic E-state index is 11.9. The van der Waals surface area contributed by atoms with Gasteiger partial charge in [0.2, 0.25) is 0 Å². The van der Waals surface area contributed by atoms with E-state index >= 15 is 0 Å². The van der Waals surface area contributed by atoms with Gasteiger partial charge in [0.05, 0.1) is 23.8 Å². The molecule has 5 heteroatoms. The average Bonchev–Trinajstić information content (AvgIpc) is 2.64. The van der Waals surface area contributed by atoms with Crippen LogP contribution in [0.2, 0.25) is 0 Å². The maximum Gasteiger partial charge on any atom is 0.271 e. The van der Waals surface area contributed by atoms with Crippen LogP contribution in [-0.4, -0.2) is 35.5 Å². The Morgan fingerprint density at radius 2 is 1.88 bits per heavy atom. The van der Waals surface area contributed by atoms with E-state index in [4.69, 9.17) is 6.42 Å². The Balaban J connectivity index is 0.00000123. The number of carbonyl (C=O) groups is 1. The predicted octanol–water partition coefficient (Wildman–Crippen LogP) is 2.94. The summed E-state index contributed by atoms with van der Waals surface area (Å²) < 4.78 is 0. The number of nitrogens with zero attached hydrogens (tertiary/aromatic N) is 2. The number of aryl methyl sites for hydroxylation is 1. The van der Waals surface area contributed by atoms with Crippen molar-refractivity contribution < 1.29 is 4.79 Å². The number of rotatable bonds is 5. The molecule has 0 aliphatic rings. The fourth-order valence-corrected chi connectivity index (χ4v) is 1.75. The molecule has 2 aromatic rings. The molecule has 0 aliphatic heterocycles.